The second-order valence-corrected chi connectivity index (χ2v) is 6.42. The topological polar surface area (TPSA) is 75.6 Å². The van der Waals surface area contributed by atoms with Crippen molar-refractivity contribution in [1.29, 1.82) is 0 Å². The number of nitrogens with one attached hydrogen (secondary N) is 1. The first-order chi connectivity index (χ1) is 11.9. The molecular formula is C20H29NO4. The largest absolute Gasteiger partial charge is 0.504 e. The highest BCUT2D eigenvalue weighted by atomic mass is 16.5. The molecule has 0 aliphatic carbocycles. The van der Waals surface area contributed by atoms with Gasteiger partial charge in [0, 0.05) is 13.0 Å². The zero-order chi connectivity index (χ0) is 18.7. The number of amides is 1. The Balaban J connectivity index is 2.24. The van der Waals surface area contributed by atoms with Gasteiger partial charge in [0.15, 0.2) is 11.5 Å². The van der Waals surface area contributed by atoms with Crippen molar-refractivity contribution in [3.05, 3.63) is 35.9 Å². The van der Waals surface area contributed by atoms with Crippen molar-refractivity contribution < 1.29 is 19.4 Å². The lowest BCUT2D eigenvalue weighted by Crippen LogP contribution is -2.25. The monoisotopic (exact) mass is 347 g/mol. The summed E-state index contributed by atoms with van der Waals surface area (Å²) >= 11 is 0. The summed E-state index contributed by atoms with van der Waals surface area (Å²) in [6, 6.07) is 4.87. The van der Waals surface area contributed by atoms with E-state index in [4.69, 9.17) is 4.74 Å². The van der Waals surface area contributed by atoms with Crippen LogP contribution in [0.4, 0.5) is 0 Å². The first-order valence-corrected chi connectivity index (χ1v) is 8.73. The number of benzene rings is 1. The number of methoxy groups -OCH3 is 1. The van der Waals surface area contributed by atoms with Gasteiger partial charge in [-0.15, -0.1) is 0 Å². The van der Waals surface area contributed by atoms with Crippen LogP contribution < -0.4 is 10.1 Å². The van der Waals surface area contributed by atoms with Crippen molar-refractivity contribution in [1.82, 2.24) is 5.32 Å². The molecule has 2 N–H and O–H groups in total. The van der Waals surface area contributed by atoms with E-state index in [2.05, 4.69) is 31.3 Å². The van der Waals surface area contributed by atoms with Gasteiger partial charge in [0.1, 0.15) is 5.78 Å². The van der Waals surface area contributed by atoms with E-state index in [0.29, 0.717) is 24.6 Å². The van der Waals surface area contributed by atoms with Crippen LogP contribution in [0.1, 0.15) is 51.5 Å². The number of phenols is 1. The molecule has 0 radical (unpaired) electrons. The molecule has 138 valence electrons. The minimum Gasteiger partial charge on any atom is -0.504 e. The summed E-state index contributed by atoms with van der Waals surface area (Å²) < 4.78 is 5.02. The second-order valence-electron chi connectivity index (χ2n) is 6.42. The molecule has 0 heterocycles. The molecule has 0 unspecified atom stereocenters. The van der Waals surface area contributed by atoms with E-state index in [-0.39, 0.29) is 23.9 Å². The number of hydrogen-bond acceptors (Lipinski definition) is 4. The molecule has 1 amide bonds. The fourth-order valence-electron chi connectivity index (χ4n) is 2.32. The van der Waals surface area contributed by atoms with Gasteiger partial charge in [0.25, 0.3) is 0 Å². The van der Waals surface area contributed by atoms with Crippen molar-refractivity contribution in [2.75, 3.05) is 7.11 Å². The lowest BCUT2D eigenvalue weighted by Gasteiger charge is -2.08. The van der Waals surface area contributed by atoms with Gasteiger partial charge in [-0.2, -0.15) is 0 Å². The maximum Gasteiger partial charge on any atom is 0.227 e. The molecule has 25 heavy (non-hydrogen) atoms. The Hall–Kier alpha value is -2.30. The summed E-state index contributed by atoms with van der Waals surface area (Å²) in [6.07, 6.45) is 7.41. The molecule has 5 nitrogen and oxygen atoms in total. The van der Waals surface area contributed by atoms with Crippen LogP contribution in [0, 0.1) is 5.92 Å². The number of carbonyl (C=O) groups excluding carboxylic acids is 2. The number of ether oxygens (including phenoxy) is 1. The molecule has 1 rings (SSSR count). The highest BCUT2D eigenvalue weighted by molar-refractivity contribution is 5.97. The third-order valence-electron chi connectivity index (χ3n) is 3.69. The molecule has 0 atom stereocenters. The SMILES string of the molecule is COc1cc(CNC(=O)CC(=O)CCCC/C=C/C(C)C)ccc1O. The quantitative estimate of drug-likeness (QED) is 0.363. The number of phenolic OH excluding ortho intramolecular Hbond substituents is 1. The molecule has 1 aromatic carbocycles. The second kappa shape index (κ2) is 11.3. The fourth-order valence-corrected chi connectivity index (χ4v) is 2.32. The van der Waals surface area contributed by atoms with E-state index in [1.54, 1.807) is 12.1 Å². The average Bonchev–Trinajstić information content (AvgIpc) is 2.57. The molecule has 0 fully saturated rings. The molecule has 0 aliphatic rings. The Kier molecular flexibility index (Phi) is 9.37. The molecule has 0 aliphatic heterocycles. The third kappa shape index (κ3) is 8.94. The van der Waals surface area contributed by atoms with E-state index < -0.39 is 0 Å². The zero-order valence-corrected chi connectivity index (χ0v) is 15.4. The Morgan fingerprint density at radius 1 is 1.28 bits per heavy atom. The van der Waals surface area contributed by atoms with E-state index in [1.165, 1.54) is 13.2 Å². The number of rotatable bonds is 11. The average molecular weight is 347 g/mol. The van der Waals surface area contributed by atoms with Gasteiger partial charge in [0.05, 0.1) is 13.5 Å². The maximum absolute atomic E-state index is 11.8. The van der Waals surface area contributed by atoms with E-state index in [9.17, 15) is 14.7 Å². The summed E-state index contributed by atoms with van der Waals surface area (Å²) in [7, 11) is 1.47. The maximum atomic E-state index is 11.8. The van der Waals surface area contributed by atoms with Gasteiger partial charge in [-0.3, -0.25) is 9.59 Å². The van der Waals surface area contributed by atoms with Crippen molar-refractivity contribution in [3.8, 4) is 11.5 Å². The predicted octanol–water partition coefficient (Wildman–Crippen LogP) is 3.75. The number of carbonyl (C=O) groups is 2. The van der Waals surface area contributed by atoms with Crippen LogP contribution in [-0.2, 0) is 16.1 Å². The van der Waals surface area contributed by atoms with Gasteiger partial charge >= 0.3 is 0 Å². The highest BCUT2D eigenvalue weighted by Gasteiger charge is 2.10. The molecule has 0 saturated carbocycles. The van der Waals surface area contributed by atoms with Crippen LogP contribution in [0.25, 0.3) is 0 Å². The first-order valence-electron chi connectivity index (χ1n) is 8.73. The number of aromatic hydroxyl groups is 1. The Bertz CT molecular complexity index is 593. The molecule has 0 bridgehead atoms. The molecule has 5 heteroatoms. The van der Waals surface area contributed by atoms with Gasteiger partial charge in [-0.05, 0) is 42.9 Å². The van der Waals surface area contributed by atoms with Gasteiger partial charge in [0.2, 0.25) is 5.91 Å². The van der Waals surface area contributed by atoms with E-state index >= 15 is 0 Å². The summed E-state index contributed by atoms with van der Waals surface area (Å²) in [5, 5.41) is 12.2. The number of Topliss-reactive ketones (excluding diaryl/α,β-unsaturated/α-hetero) is 1. The van der Waals surface area contributed by atoms with Gasteiger partial charge in [-0.1, -0.05) is 32.1 Å². The normalized spacial score (nSPS) is 11.0. The Morgan fingerprint density at radius 3 is 2.72 bits per heavy atom. The molecule has 0 aromatic heterocycles. The lowest BCUT2D eigenvalue weighted by atomic mass is 10.1. The van der Waals surface area contributed by atoms with E-state index in [1.807, 2.05) is 0 Å². The smallest absolute Gasteiger partial charge is 0.227 e. The highest BCUT2D eigenvalue weighted by Crippen LogP contribution is 2.26. The van der Waals surface area contributed by atoms with Crippen LogP contribution in [0.15, 0.2) is 30.4 Å². The summed E-state index contributed by atoms with van der Waals surface area (Å²) in [4.78, 5) is 23.7. The minimum absolute atomic E-state index is 0.0337. The summed E-state index contributed by atoms with van der Waals surface area (Å²) in [6.45, 7) is 4.56. The van der Waals surface area contributed by atoms with Gasteiger partial charge in [-0.25, -0.2) is 0 Å². The zero-order valence-electron chi connectivity index (χ0n) is 15.4. The van der Waals surface area contributed by atoms with Crippen molar-refractivity contribution in [3.63, 3.8) is 0 Å². The van der Waals surface area contributed by atoms with Crippen LogP contribution in [-0.4, -0.2) is 23.9 Å². The van der Waals surface area contributed by atoms with Crippen molar-refractivity contribution >= 4 is 11.7 Å². The Morgan fingerprint density at radius 2 is 2.04 bits per heavy atom. The number of ketones is 1. The van der Waals surface area contributed by atoms with Crippen LogP contribution in [0.5, 0.6) is 11.5 Å². The van der Waals surface area contributed by atoms with Crippen LogP contribution in [0.2, 0.25) is 0 Å². The molecule has 0 spiro atoms. The molecule has 0 saturated heterocycles. The van der Waals surface area contributed by atoms with Crippen molar-refractivity contribution in [2.24, 2.45) is 5.92 Å². The van der Waals surface area contributed by atoms with Crippen LogP contribution >= 0.6 is 0 Å². The molecule has 1 aromatic rings. The van der Waals surface area contributed by atoms with Gasteiger partial charge < -0.3 is 15.2 Å². The predicted molar refractivity (Wildman–Crippen MR) is 98.6 cm³/mol. The summed E-state index contributed by atoms with van der Waals surface area (Å²) in [5.41, 5.74) is 0.799. The van der Waals surface area contributed by atoms with E-state index in [0.717, 1.165) is 24.8 Å². The number of hydrogen-bond donors (Lipinski definition) is 2. The standard InChI is InChI=1S/C20H29NO4/c1-15(2)8-6-4-5-7-9-17(22)13-20(24)21-14-16-10-11-18(23)19(12-16)25-3/h6,8,10-12,15,23H,4-5,7,9,13-14H2,1-3H3,(H,21,24)/b8-6+. The minimum atomic E-state index is -0.281. The molecular weight excluding hydrogens is 318 g/mol. The lowest BCUT2D eigenvalue weighted by molar-refractivity contribution is -0.128. The van der Waals surface area contributed by atoms with Crippen molar-refractivity contribution in [2.45, 2.75) is 52.5 Å². The number of allylic oxidation sites excluding steroid dienone is 2. The first kappa shape index (κ1) is 20.7. The van der Waals surface area contributed by atoms with Crippen LogP contribution in [0.3, 0.4) is 0 Å². The number of unbranched alkanes of at least 4 members (excludes halogenated alkanes) is 2. The Labute approximate surface area is 150 Å². The summed E-state index contributed by atoms with van der Waals surface area (Å²) in [5.74, 6) is 0.648. The fraction of sp³-hybridized carbons (Fsp3) is 0.500. The third-order valence-corrected chi connectivity index (χ3v) is 3.69.